The van der Waals surface area contributed by atoms with Crippen molar-refractivity contribution >= 4 is 27.5 Å². The lowest BCUT2D eigenvalue weighted by Gasteiger charge is -2.30. The zero-order chi connectivity index (χ0) is 17.1. The van der Waals surface area contributed by atoms with E-state index in [-0.39, 0.29) is 11.9 Å². The van der Waals surface area contributed by atoms with E-state index in [9.17, 15) is 4.79 Å². The van der Waals surface area contributed by atoms with Crippen molar-refractivity contribution in [1.29, 1.82) is 0 Å². The molecule has 24 heavy (non-hydrogen) atoms. The van der Waals surface area contributed by atoms with E-state index in [0.29, 0.717) is 18.5 Å². The lowest BCUT2D eigenvalue weighted by atomic mass is 9.86. The summed E-state index contributed by atoms with van der Waals surface area (Å²) >= 11 is 1.73. The SMILES string of the molecule is C[C@H]1CCCC[C@H]1NC(=O)C[NH+](C)[C@@H](C)c1nc2ccccc2s1. The monoisotopic (exact) mass is 346 g/mol. The molecule has 2 aromatic rings. The van der Waals surface area contributed by atoms with Crippen molar-refractivity contribution in [3.63, 3.8) is 0 Å². The van der Waals surface area contributed by atoms with Crippen LogP contribution in [-0.2, 0) is 4.79 Å². The Hall–Kier alpha value is -1.46. The van der Waals surface area contributed by atoms with Crippen LogP contribution in [0.1, 0.15) is 50.6 Å². The number of rotatable bonds is 5. The quantitative estimate of drug-likeness (QED) is 0.874. The van der Waals surface area contributed by atoms with Gasteiger partial charge >= 0.3 is 0 Å². The van der Waals surface area contributed by atoms with Crippen molar-refractivity contribution in [3.05, 3.63) is 29.3 Å². The predicted octanol–water partition coefficient (Wildman–Crippen LogP) is 2.57. The highest BCUT2D eigenvalue weighted by Gasteiger charge is 2.26. The molecule has 1 heterocycles. The van der Waals surface area contributed by atoms with Crippen molar-refractivity contribution < 1.29 is 9.69 Å². The van der Waals surface area contributed by atoms with E-state index in [1.54, 1.807) is 11.3 Å². The van der Waals surface area contributed by atoms with Gasteiger partial charge in [-0.2, -0.15) is 0 Å². The van der Waals surface area contributed by atoms with Gasteiger partial charge in [0.15, 0.2) is 11.6 Å². The number of likely N-dealkylation sites (N-methyl/N-ethyl adjacent to an activating group) is 1. The zero-order valence-electron chi connectivity index (χ0n) is 14.8. The molecule has 1 saturated carbocycles. The fraction of sp³-hybridized carbons (Fsp3) is 0.579. The summed E-state index contributed by atoms with van der Waals surface area (Å²) < 4.78 is 1.22. The van der Waals surface area contributed by atoms with Gasteiger partial charge in [-0.05, 0) is 37.8 Å². The van der Waals surface area contributed by atoms with Crippen LogP contribution in [0.25, 0.3) is 10.2 Å². The smallest absolute Gasteiger partial charge is 0.275 e. The number of benzene rings is 1. The Balaban J connectivity index is 1.58. The molecule has 5 heteroatoms. The predicted molar refractivity (Wildman–Crippen MR) is 99.4 cm³/mol. The molecule has 0 spiro atoms. The van der Waals surface area contributed by atoms with Crippen LogP contribution in [0.3, 0.4) is 0 Å². The minimum atomic E-state index is 0.166. The van der Waals surface area contributed by atoms with Crippen LogP contribution in [0.4, 0.5) is 0 Å². The lowest BCUT2D eigenvalue weighted by molar-refractivity contribution is -0.902. The zero-order valence-corrected chi connectivity index (χ0v) is 15.7. The van der Waals surface area contributed by atoms with E-state index in [4.69, 9.17) is 4.98 Å². The van der Waals surface area contributed by atoms with E-state index in [2.05, 4.69) is 38.3 Å². The van der Waals surface area contributed by atoms with E-state index in [1.807, 2.05) is 12.1 Å². The Morgan fingerprint density at radius 1 is 1.38 bits per heavy atom. The maximum Gasteiger partial charge on any atom is 0.275 e. The molecule has 1 fully saturated rings. The van der Waals surface area contributed by atoms with Crippen molar-refractivity contribution in [2.75, 3.05) is 13.6 Å². The van der Waals surface area contributed by atoms with Gasteiger partial charge < -0.3 is 10.2 Å². The summed E-state index contributed by atoms with van der Waals surface area (Å²) in [6.07, 6.45) is 4.89. The number of carbonyl (C=O) groups is 1. The first-order chi connectivity index (χ1) is 11.5. The molecular weight excluding hydrogens is 318 g/mol. The molecule has 130 valence electrons. The summed E-state index contributed by atoms with van der Waals surface area (Å²) in [5.41, 5.74) is 1.05. The molecule has 0 aliphatic heterocycles. The normalized spacial score (nSPS) is 23.8. The van der Waals surface area contributed by atoms with Crippen LogP contribution >= 0.6 is 11.3 Å². The molecule has 2 N–H and O–H groups in total. The molecule has 1 aliphatic carbocycles. The van der Waals surface area contributed by atoms with Gasteiger partial charge in [-0.25, -0.2) is 4.98 Å². The molecule has 1 aliphatic rings. The molecule has 0 saturated heterocycles. The maximum atomic E-state index is 12.4. The van der Waals surface area contributed by atoms with E-state index in [0.717, 1.165) is 16.9 Å². The molecular formula is C19H28N3OS+. The third kappa shape index (κ3) is 3.95. The Morgan fingerprint density at radius 2 is 2.12 bits per heavy atom. The first kappa shape index (κ1) is 17.4. The second-order valence-electron chi connectivity index (χ2n) is 7.20. The number of fused-ring (bicyclic) bond motifs is 1. The molecule has 0 radical (unpaired) electrons. The van der Waals surface area contributed by atoms with Gasteiger partial charge in [-0.15, -0.1) is 11.3 Å². The Kier molecular flexibility index (Phi) is 5.51. The Labute approximate surface area is 148 Å². The van der Waals surface area contributed by atoms with Crippen molar-refractivity contribution in [3.8, 4) is 0 Å². The van der Waals surface area contributed by atoms with Crippen molar-refractivity contribution in [2.24, 2.45) is 5.92 Å². The summed E-state index contributed by atoms with van der Waals surface area (Å²) in [6.45, 7) is 4.91. The molecule has 3 rings (SSSR count). The minimum Gasteiger partial charge on any atom is -0.348 e. The molecule has 1 amide bonds. The largest absolute Gasteiger partial charge is 0.348 e. The van der Waals surface area contributed by atoms with Gasteiger partial charge in [0.25, 0.3) is 5.91 Å². The summed E-state index contributed by atoms with van der Waals surface area (Å²) in [6, 6.07) is 8.80. The number of aromatic nitrogens is 1. The van der Waals surface area contributed by atoms with Crippen molar-refractivity contribution in [1.82, 2.24) is 10.3 Å². The minimum absolute atomic E-state index is 0.166. The second-order valence-corrected chi connectivity index (χ2v) is 8.26. The van der Waals surface area contributed by atoms with Gasteiger partial charge in [0.1, 0.15) is 6.04 Å². The average Bonchev–Trinajstić information content (AvgIpc) is 3.00. The Bertz CT molecular complexity index is 666. The van der Waals surface area contributed by atoms with Crippen LogP contribution in [0.2, 0.25) is 0 Å². The second kappa shape index (κ2) is 7.62. The molecule has 0 bridgehead atoms. The summed E-state index contributed by atoms with van der Waals surface area (Å²) in [4.78, 5) is 18.4. The first-order valence-electron chi connectivity index (χ1n) is 9.01. The van der Waals surface area contributed by atoms with Crippen LogP contribution < -0.4 is 10.2 Å². The fourth-order valence-corrected chi connectivity index (χ4v) is 4.59. The van der Waals surface area contributed by atoms with Gasteiger partial charge in [0.2, 0.25) is 0 Å². The number of hydrogen-bond acceptors (Lipinski definition) is 3. The first-order valence-corrected chi connectivity index (χ1v) is 9.83. The van der Waals surface area contributed by atoms with E-state index >= 15 is 0 Å². The number of amides is 1. The van der Waals surface area contributed by atoms with E-state index < -0.39 is 0 Å². The van der Waals surface area contributed by atoms with E-state index in [1.165, 1.54) is 28.9 Å². The molecule has 4 atom stereocenters. The van der Waals surface area contributed by atoms with Gasteiger partial charge in [0.05, 0.1) is 17.3 Å². The number of thiazole rings is 1. The summed E-state index contributed by atoms with van der Waals surface area (Å²) in [5.74, 6) is 0.768. The maximum absolute atomic E-state index is 12.4. The van der Waals surface area contributed by atoms with Crippen LogP contribution in [0.5, 0.6) is 0 Å². The number of nitrogens with one attached hydrogen (secondary N) is 2. The van der Waals surface area contributed by atoms with Crippen LogP contribution in [0, 0.1) is 5.92 Å². The summed E-state index contributed by atoms with van der Waals surface area (Å²) in [7, 11) is 2.08. The highest BCUT2D eigenvalue weighted by atomic mass is 32.1. The average molecular weight is 347 g/mol. The third-order valence-electron chi connectivity index (χ3n) is 5.32. The Morgan fingerprint density at radius 3 is 2.88 bits per heavy atom. The fourth-order valence-electron chi connectivity index (χ4n) is 3.48. The number of carbonyl (C=O) groups excluding carboxylic acids is 1. The van der Waals surface area contributed by atoms with Gasteiger partial charge in [-0.3, -0.25) is 4.79 Å². The number of para-hydroxylation sites is 1. The van der Waals surface area contributed by atoms with Gasteiger partial charge in [-0.1, -0.05) is 31.9 Å². The molecule has 1 unspecified atom stereocenters. The highest BCUT2D eigenvalue weighted by Crippen LogP contribution is 2.25. The molecule has 1 aromatic heterocycles. The standard InChI is InChI=1S/C19H27N3OS/c1-13-8-4-5-9-15(13)20-18(23)12-22(3)14(2)19-21-16-10-6-7-11-17(16)24-19/h6-7,10-11,13-15H,4-5,8-9,12H2,1-3H3,(H,20,23)/p+1/t13-,14-,15+/m0/s1. The number of hydrogen-bond donors (Lipinski definition) is 2. The lowest BCUT2D eigenvalue weighted by Crippen LogP contribution is -3.10. The third-order valence-corrected chi connectivity index (χ3v) is 6.54. The number of quaternary nitrogens is 1. The van der Waals surface area contributed by atoms with Crippen molar-refractivity contribution in [2.45, 2.75) is 51.6 Å². The highest BCUT2D eigenvalue weighted by molar-refractivity contribution is 7.18. The topological polar surface area (TPSA) is 46.4 Å². The molecule has 1 aromatic carbocycles. The van der Waals surface area contributed by atoms with Gasteiger partial charge in [0, 0.05) is 6.04 Å². The summed E-state index contributed by atoms with van der Waals surface area (Å²) in [5, 5.41) is 4.36. The van der Waals surface area contributed by atoms with Crippen LogP contribution in [-0.4, -0.2) is 30.5 Å². The number of nitrogens with zero attached hydrogens (tertiary/aromatic N) is 1. The molecule has 4 nitrogen and oxygen atoms in total. The van der Waals surface area contributed by atoms with Crippen LogP contribution in [0.15, 0.2) is 24.3 Å².